The third-order valence-electron chi connectivity index (χ3n) is 4.02. The molecule has 114 valence electrons. The van der Waals surface area contributed by atoms with Crippen LogP contribution in [0.2, 0.25) is 0 Å². The van der Waals surface area contributed by atoms with Gasteiger partial charge in [-0.1, -0.05) is 12.1 Å². The number of hydrogen-bond donors (Lipinski definition) is 1. The molecule has 2 fully saturated rings. The summed E-state index contributed by atoms with van der Waals surface area (Å²) in [7, 11) is 0. The monoisotopic (exact) mass is 306 g/mol. The molecule has 0 bridgehead atoms. The predicted octanol–water partition coefficient (Wildman–Crippen LogP) is 3.59. The van der Waals surface area contributed by atoms with Crippen molar-refractivity contribution >= 4 is 23.5 Å². The molecule has 0 spiro atoms. The van der Waals surface area contributed by atoms with Crippen LogP contribution in [-0.4, -0.2) is 41.6 Å². The highest BCUT2D eigenvalue weighted by molar-refractivity contribution is 7.99. The zero-order valence-electron chi connectivity index (χ0n) is 12.2. The SMILES string of the molecule is O=C(Nc1ccccc1OC1CCCC1)N1CCSCC1. The van der Waals surface area contributed by atoms with E-state index in [0.29, 0.717) is 6.10 Å². The summed E-state index contributed by atoms with van der Waals surface area (Å²) in [5.74, 6) is 2.84. The van der Waals surface area contributed by atoms with Gasteiger partial charge in [0.05, 0.1) is 11.8 Å². The third-order valence-corrected chi connectivity index (χ3v) is 4.97. The van der Waals surface area contributed by atoms with Crippen LogP contribution < -0.4 is 10.1 Å². The molecule has 0 radical (unpaired) electrons. The molecule has 1 saturated heterocycles. The van der Waals surface area contributed by atoms with E-state index in [9.17, 15) is 4.79 Å². The highest BCUT2D eigenvalue weighted by Crippen LogP contribution is 2.30. The summed E-state index contributed by atoms with van der Waals surface area (Å²) < 4.78 is 6.06. The van der Waals surface area contributed by atoms with E-state index in [-0.39, 0.29) is 6.03 Å². The second kappa shape index (κ2) is 7.07. The maximum Gasteiger partial charge on any atom is 0.322 e. The molecule has 1 heterocycles. The van der Waals surface area contributed by atoms with Crippen LogP contribution in [0.4, 0.5) is 10.5 Å². The van der Waals surface area contributed by atoms with E-state index in [1.54, 1.807) is 0 Å². The summed E-state index contributed by atoms with van der Waals surface area (Å²) in [5.41, 5.74) is 0.785. The number of thioether (sulfide) groups is 1. The van der Waals surface area contributed by atoms with Gasteiger partial charge in [-0.25, -0.2) is 4.79 Å². The van der Waals surface area contributed by atoms with Gasteiger partial charge in [0.15, 0.2) is 0 Å². The lowest BCUT2D eigenvalue weighted by Crippen LogP contribution is -2.40. The van der Waals surface area contributed by atoms with E-state index >= 15 is 0 Å². The standard InChI is InChI=1S/C16H22N2O2S/c19-16(18-9-11-21-12-10-18)17-14-7-3-4-8-15(14)20-13-5-1-2-6-13/h3-4,7-8,13H,1-2,5-6,9-12H2,(H,17,19). The fourth-order valence-corrected chi connectivity index (χ4v) is 3.72. The average Bonchev–Trinajstić information content (AvgIpc) is 3.03. The van der Waals surface area contributed by atoms with Gasteiger partial charge in [0.1, 0.15) is 5.75 Å². The van der Waals surface area contributed by atoms with Gasteiger partial charge < -0.3 is 15.0 Å². The normalized spacial score (nSPS) is 19.5. The Morgan fingerprint density at radius 3 is 2.67 bits per heavy atom. The number of ether oxygens (including phenoxy) is 1. The molecule has 5 heteroatoms. The lowest BCUT2D eigenvalue weighted by Gasteiger charge is -2.27. The molecule has 21 heavy (non-hydrogen) atoms. The van der Waals surface area contributed by atoms with Gasteiger partial charge in [-0.05, 0) is 37.8 Å². The van der Waals surface area contributed by atoms with Crippen molar-refractivity contribution in [2.45, 2.75) is 31.8 Å². The van der Waals surface area contributed by atoms with E-state index < -0.39 is 0 Å². The maximum absolute atomic E-state index is 12.3. The number of nitrogens with zero attached hydrogens (tertiary/aromatic N) is 1. The van der Waals surface area contributed by atoms with Crippen molar-refractivity contribution < 1.29 is 9.53 Å². The number of amides is 2. The number of carbonyl (C=O) groups is 1. The number of urea groups is 1. The van der Waals surface area contributed by atoms with Gasteiger partial charge in [0.2, 0.25) is 0 Å². The number of benzene rings is 1. The van der Waals surface area contributed by atoms with Crippen LogP contribution in [0.3, 0.4) is 0 Å². The summed E-state index contributed by atoms with van der Waals surface area (Å²) >= 11 is 1.90. The summed E-state index contributed by atoms with van der Waals surface area (Å²) in [4.78, 5) is 14.2. The average molecular weight is 306 g/mol. The minimum atomic E-state index is -0.0160. The summed E-state index contributed by atoms with van der Waals surface area (Å²) in [5, 5.41) is 3.01. The third kappa shape index (κ3) is 3.84. The van der Waals surface area contributed by atoms with E-state index in [2.05, 4.69) is 5.32 Å². The molecule has 2 aliphatic rings. The Morgan fingerprint density at radius 2 is 1.90 bits per heavy atom. The van der Waals surface area contributed by atoms with Gasteiger partial charge >= 0.3 is 6.03 Å². The topological polar surface area (TPSA) is 41.6 Å². The number of nitrogens with one attached hydrogen (secondary N) is 1. The first-order valence-electron chi connectivity index (χ1n) is 7.72. The van der Waals surface area contributed by atoms with E-state index in [0.717, 1.165) is 48.9 Å². The van der Waals surface area contributed by atoms with Crippen LogP contribution in [0, 0.1) is 0 Å². The molecule has 3 rings (SSSR count). The van der Waals surface area contributed by atoms with Crippen molar-refractivity contribution in [3.05, 3.63) is 24.3 Å². The second-order valence-corrected chi connectivity index (χ2v) is 6.77. The first-order valence-corrected chi connectivity index (χ1v) is 8.88. The van der Waals surface area contributed by atoms with Crippen molar-refractivity contribution in [1.82, 2.24) is 4.90 Å². The van der Waals surface area contributed by atoms with Crippen molar-refractivity contribution in [1.29, 1.82) is 0 Å². The smallest absolute Gasteiger partial charge is 0.322 e. The fourth-order valence-electron chi connectivity index (χ4n) is 2.82. The molecule has 1 saturated carbocycles. The first-order chi connectivity index (χ1) is 10.3. The minimum absolute atomic E-state index is 0.0160. The maximum atomic E-state index is 12.3. The number of hydrogen-bond acceptors (Lipinski definition) is 3. The number of para-hydroxylation sites is 2. The predicted molar refractivity (Wildman–Crippen MR) is 87.2 cm³/mol. The Morgan fingerprint density at radius 1 is 1.19 bits per heavy atom. The van der Waals surface area contributed by atoms with Crippen LogP contribution >= 0.6 is 11.8 Å². The van der Waals surface area contributed by atoms with Crippen LogP contribution in [0.5, 0.6) is 5.75 Å². The largest absolute Gasteiger partial charge is 0.488 e. The van der Waals surface area contributed by atoms with Crippen LogP contribution in [0.25, 0.3) is 0 Å². The summed E-state index contributed by atoms with van der Waals surface area (Å²) in [6.45, 7) is 1.64. The quantitative estimate of drug-likeness (QED) is 0.928. The van der Waals surface area contributed by atoms with Gasteiger partial charge in [-0.15, -0.1) is 0 Å². The molecule has 1 aliphatic carbocycles. The molecule has 1 aromatic rings. The van der Waals surface area contributed by atoms with E-state index in [1.165, 1.54) is 12.8 Å². The van der Waals surface area contributed by atoms with Crippen molar-refractivity contribution in [2.75, 3.05) is 29.9 Å². The van der Waals surface area contributed by atoms with Crippen LogP contribution in [0.1, 0.15) is 25.7 Å². The van der Waals surface area contributed by atoms with E-state index in [1.807, 2.05) is 40.9 Å². The molecule has 0 atom stereocenters. The Bertz CT molecular complexity index is 483. The van der Waals surface area contributed by atoms with Gasteiger partial charge in [-0.3, -0.25) is 0 Å². The Labute approximate surface area is 130 Å². The van der Waals surface area contributed by atoms with E-state index in [4.69, 9.17) is 4.74 Å². The summed E-state index contributed by atoms with van der Waals surface area (Å²) in [6.07, 6.45) is 5.02. The molecule has 1 aliphatic heterocycles. The number of rotatable bonds is 3. The number of anilines is 1. The lowest BCUT2D eigenvalue weighted by atomic mass is 10.2. The molecule has 0 aromatic heterocycles. The Kier molecular flexibility index (Phi) is 4.91. The van der Waals surface area contributed by atoms with Crippen molar-refractivity contribution in [3.8, 4) is 5.75 Å². The van der Waals surface area contributed by atoms with Crippen molar-refractivity contribution in [2.24, 2.45) is 0 Å². The van der Waals surface area contributed by atoms with Crippen LogP contribution in [-0.2, 0) is 0 Å². The zero-order chi connectivity index (χ0) is 14.5. The molecule has 1 N–H and O–H groups in total. The lowest BCUT2D eigenvalue weighted by molar-refractivity contribution is 0.208. The highest BCUT2D eigenvalue weighted by Gasteiger charge is 2.20. The molecule has 2 amide bonds. The molecule has 0 unspecified atom stereocenters. The molecule has 1 aromatic carbocycles. The first kappa shape index (κ1) is 14.6. The van der Waals surface area contributed by atoms with Gasteiger partial charge in [0, 0.05) is 24.6 Å². The fraction of sp³-hybridized carbons (Fsp3) is 0.562. The second-order valence-electron chi connectivity index (χ2n) is 5.55. The number of carbonyl (C=O) groups excluding carboxylic acids is 1. The highest BCUT2D eigenvalue weighted by atomic mass is 32.2. The Balaban J connectivity index is 1.65. The van der Waals surface area contributed by atoms with Gasteiger partial charge in [-0.2, -0.15) is 11.8 Å². The molecular formula is C16H22N2O2S. The zero-order valence-corrected chi connectivity index (χ0v) is 13.0. The minimum Gasteiger partial charge on any atom is -0.488 e. The van der Waals surface area contributed by atoms with Crippen LogP contribution in [0.15, 0.2) is 24.3 Å². The molecule has 4 nitrogen and oxygen atoms in total. The van der Waals surface area contributed by atoms with Crippen molar-refractivity contribution in [3.63, 3.8) is 0 Å². The van der Waals surface area contributed by atoms with Gasteiger partial charge in [0.25, 0.3) is 0 Å². The summed E-state index contributed by atoms with van der Waals surface area (Å²) in [6, 6.07) is 7.74. The molecular weight excluding hydrogens is 284 g/mol. The Hall–Kier alpha value is -1.36.